The van der Waals surface area contributed by atoms with Gasteiger partial charge in [0.05, 0.1) is 7.11 Å². The molecule has 1 N–H and O–H groups in total. The van der Waals surface area contributed by atoms with Crippen LogP contribution in [0.25, 0.3) is 0 Å². The van der Waals surface area contributed by atoms with Gasteiger partial charge in [0.1, 0.15) is 5.75 Å². The lowest BCUT2D eigenvalue weighted by Gasteiger charge is -2.16. The Balaban J connectivity index is 2.34. The van der Waals surface area contributed by atoms with Crippen molar-refractivity contribution in [3.8, 4) is 5.75 Å². The molecule has 2 rings (SSSR count). The molecule has 0 spiro atoms. The molecule has 1 aromatic carbocycles. The van der Waals surface area contributed by atoms with E-state index in [2.05, 4.69) is 5.32 Å². The first-order valence-electron chi connectivity index (χ1n) is 5.41. The van der Waals surface area contributed by atoms with Crippen LogP contribution in [-0.4, -0.2) is 13.7 Å². The van der Waals surface area contributed by atoms with Gasteiger partial charge in [-0.2, -0.15) is 0 Å². The van der Waals surface area contributed by atoms with Crippen LogP contribution in [-0.2, 0) is 0 Å². The van der Waals surface area contributed by atoms with E-state index in [4.69, 9.17) is 4.74 Å². The van der Waals surface area contributed by atoms with E-state index < -0.39 is 6.43 Å². The lowest BCUT2D eigenvalue weighted by atomic mass is 10.0. The summed E-state index contributed by atoms with van der Waals surface area (Å²) in [6, 6.07) is 4.74. The number of hydrogen-bond donors (Lipinski definition) is 1. The Bertz CT molecular complexity index is 362. The van der Waals surface area contributed by atoms with Gasteiger partial charge in [0, 0.05) is 17.2 Å². The fourth-order valence-electron chi connectivity index (χ4n) is 2.11. The molecule has 2 nitrogen and oxygen atoms in total. The Hall–Kier alpha value is -1.16. The molecule has 1 unspecified atom stereocenters. The summed E-state index contributed by atoms with van der Waals surface area (Å²) in [6.45, 7) is 0.937. The Kier molecular flexibility index (Phi) is 3.39. The van der Waals surface area contributed by atoms with E-state index in [0.29, 0.717) is 5.75 Å². The van der Waals surface area contributed by atoms with E-state index in [1.54, 1.807) is 19.2 Å². The highest BCUT2D eigenvalue weighted by molar-refractivity contribution is 5.40. The molecule has 0 aromatic heterocycles. The Morgan fingerprint density at radius 3 is 2.81 bits per heavy atom. The third kappa shape index (κ3) is 2.16. The Morgan fingerprint density at radius 2 is 2.25 bits per heavy atom. The summed E-state index contributed by atoms with van der Waals surface area (Å²) >= 11 is 0. The van der Waals surface area contributed by atoms with Crippen molar-refractivity contribution in [1.82, 2.24) is 5.32 Å². The topological polar surface area (TPSA) is 21.3 Å². The summed E-state index contributed by atoms with van der Waals surface area (Å²) in [7, 11) is 1.57. The molecule has 1 aromatic rings. The summed E-state index contributed by atoms with van der Waals surface area (Å²) in [6.07, 6.45) is -0.374. The molecule has 0 aliphatic carbocycles. The first-order chi connectivity index (χ1) is 7.72. The summed E-state index contributed by atoms with van der Waals surface area (Å²) < 4.78 is 30.4. The highest BCUT2D eigenvalue weighted by Gasteiger charge is 2.21. The number of rotatable bonds is 3. The molecule has 0 saturated carbocycles. The van der Waals surface area contributed by atoms with Gasteiger partial charge in [-0.05, 0) is 37.6 Å². The molecular weight excluding hydrogens is 212 g/mol. The minimum absolute atomic E-state index is 0.0597. The Labute approximate surface area is 93.6 Å². The maximum atomic E-state index is 12.6. The summed E-state index contributed by atoms with van der Waals surface area (Å²) in [5, 5.41) is 3.29. The number of hydrogen-bond acceptors (Lipinski definition) is 2. The van der Waals surface area contributed by atoms with Gasteiger partial charge in [-0.15, -0.1) is 0 Å². The first-order valence-corrected chi connectivity index (χ1v) is 5.41. The quantitative estimate of drug-likeness (QED) is 0.856. The highest BCUT2D eigenvalue weighted by atomic mass is 19.3. The maximum Gasteiger partial charge on any atom is 0.263 e. The van der Waals surface area contributed by atoms with E-state index in [1.807, 2.05) is 0 Å². The van der Waals surface area contributed by atoms with E-state index in [0.717, 1.165) is 24.9 Å². The third-order valence-corrected chi connectivity index (χ3v) is 2.94. The largest absolute Gasteiger partial charge is 0.496 e. The minimum atomic E-state index is -2.42. The predicted molar refractivity (Wildman–Crippen MR) is 57.9 cm³/mol. The fourth-order valence-corrected chi connectivity index (χ4v) is 2.11. The number of alkyl halides is 2. The molecular formula is C12H15F2NO. The smallest absolute Gasteiger partial charge is 0.263 e. The standard InChI is InChI=1S/C12H15F2NO/c1-16-11-5-4-8(12(13)14)7-9(11)10-3-2-6-15-10/h4-5,7,10,12,15H,2-3,6H2,1H3. The van der Waals surface area contributed by atoms with Gasteiger partial charge in [0.2, 0.25) is 0 Å². The SMILES string of the molecule is COc1ccc(C(F)F)cc1C1CCCN1. The zero-order valence-corrected chi connectivity index (χ0v) is 9.17. The van der Waals surface area contributed by atoms with Gasteiger partial charge in [0.15, 0.2) is 0 Å². The average molecular weight is 227 g/mol. The summed E-state index contributed by atoms with van der Waals surface area (Å²) in [5.74, 6) is 0.684. The van der Waals surface area contributed by atoms with Crippen LogP contribution in [0.15, 0.2) is 18.2 Å². The third-order valence-electron chi connectivity index (χ3n) is 2.94. The zero-order chi connectivity index (χ0) is 11.5. The molecule has 1 atom stereocenters. The van der Waals surface area contributed by atoms with Crippen molar-refractivity contribution >= 4 is 0 Å². The van der Waals surface area contributed by atoms with E-state index in [-0.39, 0.29) is 11.6 Å². The van der Waals surface area contributed by atoms with Gasteiger partial charge >= 0.3 is 0 Å². The van der Waals surface area contributed by atoms with E-state index in [1.165, 1.54) is 6.07 Å². The van der Waals surface area contributed by atoms with Crippen molar-refractivity contribution in [2.45, 2.75) is 25.3 Å². The van der Waals surface area contributed by atoms with E-state index in [9.17, 15) is 8.78 Å². The Morgan fingerprint density at radius 1 is 1.44 bits per heavy atom. The van der Waals surface area contributed by atoms with Crippen LogP contribution >= 0.6 is 0 Å². The maximum absolute atomic E-state index is 12.6. The van der Waals surface area contributed by atoms with Crippen LogP contribution in [0.2, 0.25) is 0 Å². The van der Waals surface area contributed by atoms with Crippen molar-refractivity contribution in [2.24, 2.45) is 0 Å². The number of halogens is 2. The predicted octanol–water partition coefficient (Wildman–Crippen LogP) is 3.06. The lowest BCUT2D eigenvalue weighted by Crippen LogP contribution is -2.14. The van der Waals surface area contributed by atoms with Crippen molar-refractivity contribution in [3.63, 3.8) is 0 Å². The molecule has 0 radical (unpaired) electrons. The molecule has 4 heteroatoms. The lowest BCUT2D eigenvalue weighted by molar-refractivity contribution is 0.151. The second-order valence-corrected chi connectivity index (χ2v) is 3.95. The van der Waals surface area contributed by atoms with Crippen LogP contribution in [0.1, 0.15) is 36.4 Å². The molecule has 1 aliphatic heterocycles. The zero-order valence-electron chi connectivity index (χ0n) is 9.17. The van der Waals surface area contributed by atoms with Gasteiger partial charge in [-0.25, -0.2) is 8.78 Å². The molecule has 0 bridgehead atoms. The van der Waals surface area contributed by atoms with Crippen molar-refractivity contribution in [1.29, 1.82) is 0 Å². The van der Waals surface area contributed by atoms with Gasteiger partial charge < -0.3 is 10.1 Å². The van der Waals surface area contributed by atoms with Gasteiger partial charge in [-0.3, -0.25) is 0 Å². The molecule has 16 heavy (non-hydrogen) atoms. The summed E-state index contributed by atoms with van der Waals surface area (Å²) in [4.78, 5) is 0. The molecule has 88 valence electrons. The first kappa shape index (κ1) is 11.3. The normalized spacial score (nSPS) is 20.4. The average Bonchev–Trinajstić information content (AvgIpc) is 2.81. The molecule has 1 fully saturated rings. The van der Waals surface area contributed by atoms with Gasteiger partial charge in [-0.1, -0.05) is 0 Å². The monoisotopic (exact) mass is 227 g/mol. The van der Waals surface area contributed by atoms with Crippen molar-refractivity contribution in [3.05, 3.63) is 29.3 Å². The van der Waals surface area contributed by atoms with Crippen LogP contribution in [0, 0.1) is 0 Å². The number of nitrogens with one attached hydrogen (secondary N) is 1. The van der Waals surface area contributed by atoms with Crippen LogP contribution in [0.3, 0.4) is 0 Å². The minimum Gasteiger partial charge on any atom is -0.496 e. The second-order valence-electron chi connectivity index (χ2n) is 3.95. The van der Waals surface area contributed by atoms with Crippen molar-refractivity contribution < 1.29 is 13.5 Å². The van der Waals surface area contributed by atoms with E-state index >= 15 is 0 Å². The molecule has 1 heterocycles. The van der Waals surface area contributed by atoms with Crippen LogP contribution < -0.4 is 10.1 Å². The number of ether oxygens (including phenoxy) is 1. The van der Waals surface area contributed by atoms with Gasteiger partial charge in [0.25, 0.3) is 6.43 Å². The summed E-state index contributed by atoms with van der Waals surface area (Å²) in [5.41, 5.74) is 0.905. The van der Waals surface area contributed by atoms with Crippen LogP contribution in [0.5, 0.6) is 5.75 Å². The fraction of sp³-hybridized carbons (Fsp3) is 0.500. The van der Waals surface area contributed by atoms with Crippen molar-refractivity contribution in [2.75, 3.05) is 13.7 Å². The molecule has 0 amide bonds. The second kappa shape index (κ2) is 4.78. The molecule has 1 aliphatic rings. The molecule has 1 saturated heterocycles. The number of methoxy groups -OCH3 is 1. The van der Waals surface area contributed by atoms with Crippen LogP contribution in [0.4, 0.5) is 8.78 Å². The highest BCUT2D eigenvalue weighted by Crippen LogP contribution is 2.33. The number of benzene rings is 1.